The molecule has 0 saturated carbocycles. The number of aromatic nitrogens is 1. The van der Waals surface area contributed by atoms with Gasteiger partial charge >= 0.3 is 0 Å². The van der Waals surface area contributed by atoms with Crippen LogP contribution in [0.15, 0.2) is 72.9 Å². The largest absolute Gasteiger partial charge is 0.478 e. The molecule has 0 atom stereocenters. The summed E-state index contributed by atoms with van der Waals surface area (Å²) in [6, 6.07) is 23.2. The van der Waals surface area contributed by atoms with Crippen molar-refractivity contribution in [3.8, 4) is 17.0 Å². The minimum absolute atomic E-state index is 0.617. The van der Waals surface area contributed by atoms with Gasteiger partial charge in [-0.15, -0.1) is 0 Å². The first-order valence-corrected chi connectivity index (χ1v) is 7.86. The van der Waals surface area contributed by atoms with E-state index in [1.807, 2.05) is 19.2 Å². The van der Waals surface area contributed by atoms with Crippen LogP contribution in [0.25, 0.3) is 32.7 Å². The third kappa shape index (κ3) is 2.42. The Morgan fingerprint density at radius 3 is 2.39 bits per heavy atom. The van der Waals surface area contributed by atoms with E-state index in [-0.39, 0.29) is 0 Å². The van der Waals surface area contributed by atoms with Crippen LogP contribution in [-0.4, -0.2) is 11.6 Å². The van der Waals surface area contributed by atoms with Gasteiger partial charge in [0.2, 0.25) is 5.88 Å². The summed E-state index contributed by atoms with van der Waals surface area (Å²) in [5, 5.41) is 4.71. The van der Waals surface area contributed by atoms with Crippen LogP contribution in [-0.2, 0) is 0 Å². The highest BCUT2D eigenvalue weighted by molar-refractivity contribution is 6.00. The number of fused-ring (bicyclic) bond motifs is 2. The summed E-state index contributed by atoms with van der Waals surface area (Å²) in [5.74, 6) is 0.702. The summed E-state index contributed by atoms with van der Waals surface area (Å²) in [4.78, 5) is 4.53. The molecule has 0 N–H and O–H groups in total. The Morgan fingerprint density at radius 2 is 1.57 bits per heavy atom. The first-order chi connectivity index (χ1) is 11.4. The molecule has 0 fully saturated rings. The first-order valence-electron chi connectivity index (χ1n) is 7.86. The fourth-order valence-corrected chi connectivity index (χ4v) is 3.01. The Labute approximate surface area is 135 Å². The average Bonchev–Trinajstić information content (AvgIpc) is 2.62. The summed E-state index contributed by atoms with van der Waals surface area (Å²) >= 11 is 0. The second-order valence-corrected chi connectivity index (χ2v) is 5.52. The van der Waals surface area contributed by atoms with Gasteiger partial charge in [-0.05, 0) is 40.8 Å². The SMILES string of the molecule is CCOc1ncc(-c2ccc3ccccc3c2)c2ccccc12. The molecule has 112 valence electrons. The van der Waals surface area contributed by atoms with Gasteiger partial charge in [0, 0.05) is 17.1 Å². The van der Waals surface area contributed by atoms with E-state index in [2.05, 4.69) is 65.6 Å². The summed E-state index contributed by atoms with van der Waals surface area (Å²) in [6.07, 6.45) is 1.91. The number of benzene rings is 3. The minimum Gasteiger partial charge on any atom is -0.478 e. The van der Waals surface area contributed by atoms with Gasteiger partial charge in [0.25, 0.3) is 0 Å². The molecular weight excluding hydrogens is 282 g/mol. The van der Waals surface area contributed by atoms with E-state index in [1.54, 1.807) is 0 Å². The maximum atomic E-state index is 5.67. The molecule has 0 radical (unpaired) electrons. The Morgan fingerprint density at radius 1 is 0.826 bits per heavy atom. The minimum atomic E-state index is 0.617. The van der Waals surface area contributed by atoms with Gasteiger partial charge in [0.05, 0.1) is 6.61 Å². The predicted molar refractivity (Wildman–Crippen MR) is 95.9 cm³/mol. The van der Waals surface area contributed by atoms with Crippen molar-refractivity contribution in [1.29, 1.82) is 0 Å². The number of rotatable bonds is 3. The van der Waals surface area contributed by atoms with Gasteiger partial charge in [-0.1, -0.05) is 54.6 Å². The molecule has 4 aromatic rings. The molecule has 23 heavy (non-hydrogen) atoms. The highest BCUT2D eigenvalue weighted by Gasteiger charge is 2.10. The van der Waals surface area contributed by atoms with Crippen LogP contribution in [0.5, 0.6) is 5.88 Å². The van der Waals surface area contributed by atoms with Crippen molar-refractivity contribution in [3.63, 3.8) is 0 Å². The molecule has 0 unspecified atom stereocenters. The van der Waals surface area contributed by atoms with Crippen LogP contribution in [0.3, 0.4) is 0 Å². The summed E-state index contributed by atoms with van der Waals surface area (Å²) in [5.41, 5.74) is 2.31. The van der Waals surface area contributed by atoms with E-state index in [0.717, 1.165) is 10.9 Å². The molecule has 1 heterocycles. The molecule has 0 bridgehead atoms. The number of hydrogen-bond acceptors (Lipinski definition) is 2. The Bertz CT molecular complexity index is 991. The lowest BCUT2D eigenvalue weighted by molar-refractivity contribution is 0.331. The summed E-state index contributed by atoms with van der Waals surface area (Å²) in [6.45, 7) is 2.60. The maximum Gasteiger partial charge on any atom is 0.221 e. The van der Waals surface area contributed by atoms with Crippen molar-refractivity contribution in [1.82, 2.24) is 4.98 Å². The zero-order chi connectivity index (χ0) is 15.6. The molecule has 0 saturated heterocycles. The quantitative estimate of drug-likeness (QED) is 0.501. The zero-order valence-electron chi connectivity index (χ0n) is 13.0. The van der Waals surface area contributed by atoms with Crippen LogP contribution in [0.1, 0.15) is 6.92 Å². The van der Waals surface area contributed by atoms with Crippen LogP contribution < -0.4 is 4.74 Å². The Balaban J connectivity index is 1.95. The van der Waals surface area contributed by atoms with E-state index in [4.69, 9.17) is 4.74 Å². The van der Waals surface area contributed by atoms with Gasteiger partial charge < -0.3 is 4.74 Å². The van der Waals surface area contributed by atoms with Crippen molar-refractivity contribution < 1.29 is 4.74 Å². The van der Waals surface area contributed by atoms with Crippen molar-refractivity contribution in [2.75, 3.05) is 6.61 Å². The molecule has 3 aromatic carbocycles. The standard InChI is InChI=1S/C21H17NO/c1-2-23-21-19-10-6-5-9-18(19)20(14-22-21)17-12-11-15-7-3-4-8-16(15)13-17/h3-14H,2H2,1H3. The molecule has 0 aliphatic heterocycles. The maximum absolute atomic E-state index is 5.67. The zero-order valence-corrected chi connectivity index (χ0v) is 13.0. The first kappa shape index (κ1) is 13.8. The predicted octanol–water partition coefficient (Wildman–Crippen LogP) is 5.45. The van der Waals surface area contributed by atoms with Crippen molar-refractivity contribution in [3.05, 3.63) is 72.9 Å². The van der Waals surface area contributed by atoms with Gasteiger partial charge in [0.1, 0.15) is 0 Å². The Hall–Kier alpha value is -2.87. The molecule has 0 aliphatic carbocycles. The van der Waals surface area contributed by atoms with Crippen molar-refractivity contribution >= 4 is 21.5 Å². The van der Waals surface area contributed by atoms with Gasteiger partial charge in [-0.25, -0.2) is 4.98 Å². The van der Waals surface area contributed by atoms with Crippen LogP contribution >= 0.6 is 0 Å². The highest BCUT2D eigenvalue weighted by Crippen LogP contribution is 2.33. The van der Waals surface area contributed by atoms with E-state index in [0.29, 0.717) is 12.5 Å². The number of nitrogens with zero attached hydrogens (tertiary/aromatic N) is 1. The Kier molecular flexibility index (Phi) is 3.43. The number of hydrogen-bond donors (Lipinski definition) is 0. The van der Waals surface area contributed by atoms with Crippen LogP contribution in [0.4, 0.5) is 0 Å². The molecule has 0 aliphatic rings. The van der Waals surface area contributed by atoms with Gasteiger partial charge in [-0.3, -0.25) is 0 Å². The molecular formula is C21H17NO. The molecule has 4 rings (SSSR count). The number of ether oxygens (including phenoxy) is 1. The summed E-state index contributed by atoms with van der Waals surface area (Å²) < 4.78 is 5.67. The molecule has 0 amide bonds. The monoisotopic (exact) mass is 299 g/mol. The number of pyridine rings is 1. The van der Waals surface area contributed by atoms with E-state index >= 15 is 0 Å². The fraction of sp³-hybridized carbons (Fsp3) is 0.0952. The highest BCUT2D eigenvalue weighted by atomic mass is 16.5. The molecule has 2 nitrogen and oxygen atoms in total. The van der Waals surface area contributed by atoms with Crippen LogP contribution in [0, 0.1) is 0 Å². The van der Waals surface area contributed by atoms with Crippen LogP contribution in [0.2, 0.25) is 0 Å². The molecule has 1 aromatic heterocycles. The van der Waals surface area contributed by atoms with Crippen molar-refractivity contribution in [2.24, 2.45) is 0 Å². The normalized spacial score (nSPS) is 11.0. The topological polar surface area (TPSA) is 22.1 Å². The van der Waals surface area contributed by atoms with E-state index in [9.17, 15) is 0 Å². The second-order valence-electron chi connectivity index (χ2n) is 5.52. The molecule has 2 heteroatoms. The van der Waals surface area contributed by atoms with Gasteiger partial charge in [0.15, 0.2) is 0 Å². The van der Waals surface area contributed by atoms with Crippen molar-refractivity contribution in [2.45, 2.75) is 6.92 Å². The third-order valence-corrected chi connectivity index (χ3v) is 4.10. The fourth-order valence-electron chi connectivity index (χ4n) is 3.01. The second kappa shape index (κ2) is 5.73. The molecule has 0 spiro atoms. The lowest BCUT2D eigenvalue weighted by Gasteiger charge is -2.11. The third-order valence-electron chi connectivity index (χ3n) is 4.10. The lowest BCUT2D eigenvalue weighted by Crippen LogP contribution is -1.96. The van der Waals surface area contributed by atoms with E-state index < -0.39 is 0 Å². The van der Waals surface area contributed by atoms with E-state index in [1.165, 1.54) is 21.7 Å². The summed E-state index contributed by atoms with van der Waals surface area (Å²) in [7, 11) is 0. The smallest absolute Gasteiger partial charge is 0.221 e. The average molecular weight is 299 g/mol. The van der Waals surface area contributed by atoms with Gasteiger partial charge in [-0.2, -0.15) is 0 Å². The lowest BCUT2D eigenvalue weighted by atomic mass is 9.98.